The van der Waals surface area contributed by atoms with Crippen molar-refractivity contribution in [3.63, 3.8) is 0 Å². The summed E-state index contributed by atoms with van der Waals surface area (Å²) in [4.78, 5) is 34.0. The Kier molecular flexibility index (Phi) is 6.55. The van der Waals surface area contributed by atoms with Gasteiger partial charge in [0.2, 0.25) is 0 Å². The summed E-state index contributed by atoms with van der Waals surface area (Å²) in [5.41, 5.74) is -1.61. The van der Waals surface area contributed by atoms with E-state index >= 15 is 0 Å². The van der Waals surface area contributed by atoms with E-state index in [1.54, 1.807) is 12.2 Å². The van der Waals surface area contributed by atoms with Crippen molar-refractivity contribution in [2.24, 2.45) is 5.41 Å². The number of carbonyl (C=O) groups is 3. The Hall–Kier alpha value is -1.91. The van der Waals surface area contributed by atoms with E-state index in [0.29, 0.717) is 6.29 Å². The second-order valence-corrected chi connectivity index (χ2v) is 3.30. The minimum absolute atomic E-state index is 0.0249. The number of ether oxygens (including phenoxy) is 2. The van der Waals surface area contributed by atoms with Crippen LogP contribution in [0.25, 0.3) is 0 Å². The highest BCUT2D eigenvalue weighted by Gasteiger charge is 2.47. The summed E-state index contributed by atoms with van der Waals surface area (Å²) in [5, 5.41) is 0. The Morgan fingerprint density at radius 3 is 2.06 bits per heavy atom. The van der Waals surface area contributed by atoms with Crippen molar-refractivity contribution in [1.82, 2.24) is 0 Å². The van der Waals surface area contributed by atoms with Crippen molar-refractivity contribution in [2.45, 2.75) is 12.8 Å². The molecule has 17 heavy (non-hydrogen) atoms. The number of rotatable bonds is 7. The topological polar surface area (TPSA) is 69.7 Å². The first-order valence-corrected chi connectivity index (χ1v) is 4.97. The number of hydrogen-bond donors (Lipinski definition) is 0. The first-order chi connectivity index (χ1) is 8.08. The van der Waals surface area contributed by atoms with Gasteiger partial charge in [-0.05, 0) is 6.42 Å². The quantitative estimate of drug-likeness (QED) is 0.288. The molecule has 0 aromatic carbocycles. The van der Waals surface area contributed by atoms with Crippen molar-refractivity contribution < 1.29 is 23.9 Å². The van der Waals surface area contributed by atoms with Crippen molar-refractivity contribution >= 4 is 18.2 Å². The van der Waals surface area contributed by atoms with Gasteiger partial charge in [0.15, 0.2) is 5.41 Å². The number of hydrogen-bond acceptors (Lipinski definition) is 5. The Balaban J connectivity index is 5.29. The van der Waals surface area contributed by atoms with Gasteiger partial charge in [0.1, 0.15) is 6.29 Å². The highest BCUT2D eigenvalue weighted by Crippen LogP contribution is 2.30. The zero-order valence-electron chi connectivity index (χ0n) is 9.97. The molecule has 0 saturated carbocycles. The number of esters is 2. The maximum atomic E-state index is 11.7. The second kappa shape index (κ2) is 7.38. The molecule has 0 fully saturated rings. The summed E-state index contributed by atoms with van der Waals surface area (Å²) in [5.74, 6) is -1.57. The van der Waals surface area contributed by atoms with Crippen LogP contribution in [0.5, 0.6) is 0 Å². The summed E-state index contributed by atoms with van der Waals surface area (Å²) in [6, 6.07) is 0. The third-order valence-electron chi connectivity index (χ3n) is 2.32. The molecule has 0 amide bonds. The van der Waals surface area contributed by atoms with Crippen molar-refractivity contribution in [3.8, 4) is 0 Å². The predicted molar refractivity (Wildman–Crippen MR) is 61.1 cm³/mol. The SMILES string of the molecule is C=C/C=C/CC(CC=O)(C(=O)OC)C(=O)OC. The molecule has 0 aromatic rings. The van der Waals surface area contributed by atoms with Gasteiger partial charge < -0.3 is 14.3 Å². The molecule has 0 aliphatic heterocycles. The van der Waals surface area contributed by atoms with E-state index in [-0.39, 0.29) is 12.8 Å². The Morgan fingerprint density at radius 1 is 1.18 bits per heavy atom. The molecule has 0 atom stereocenters. The van der Waals surface area contributed by atoms with Crippen molar-refractivity contribution in [2.75, 3.05) is 14.2 Å². The lowest BCUT2D eigenvalue weighted by molar-refractivity contribution is -0.170. The Morgan fingerprint density at radius 2 is 1.71 bits per heavy atom. The molecule has 0 aromatic heterocycles. The fourth-order valence-corrected chi connectivity index (χ4v) is 1.40. The largest absolute Gasteiger partial charge is 0.468 e. The highest BCUT2D eigenvalue weighted by atomic mass is 16.5. The number of carbonyl (C=O) groups excluding carboxylic acids is 3. The highest BCUT2D eigenvalue weighted by molar-refractivity contribution is 6.02. The maximum Gasteiger partial charge on any atom is 0.323 e. The van der Waals surface area contributed by atoms with Crippen LogP contribution in [0.15, 0.2) is 24.8 Å². The zero-order chi connectivity index (χ0) is 13.3. The molecule has 0 N–H and O–H groups in total. The molecule has 0 aliphatic rings. The molecule has 0 saturated heterocycles. The van der Waals surface area contributed by atoms with Crippen LogP contribution in [-0.2, 0) is 23.9 Å². The zero-order valence-corrected chi connectivity index (χ0v) is 9.97. The van der Waals surface area contributed by atoms with E-state index in [1.807, 2.05) is 0 Å². The van der Waals surface area contributed by atoms with Crippen LogP contribution < -0.4 is 0 Å². The van der Waals surface area contributed by atoms with E-state index < -0.39 is 17.4 Å². The van der Waals surface area contributed by atoms with Gasteiger partial charge in [-0.1, -0.05) is 24.8 Å². The average Bonchev–Trinajstić information content (AvgIpc) is 2.35. The van der Waals surface area contributed by atoms with Gasteiger partial charge in [0.25, 0.3) is 0 Å². The van der Waals surface area contributed by atoms with Crippen LogP contribution in [0.2, 0.25) is 0 Å². The van der Waals surface area contributed by atoms with Crippen LogP contribution in [0.3, 0.4) is 0 Å². The van der Waals surface area contributed by atoms with Gasteiger partial charge in [-0.25, -0.2) is 0 Å². The smallest absolute Gasteiger partial charge is 0.323 e. The monoisotopic (exact) mass is 240 g/mol. The molecule has 0 spiro atoms. The fourth-order valence-electron chi connectivity index (χ4n) is 1.40. The van der Waals surface area contributed by atoms with E-state index in [4.69, 9.17) is 0 Å². The average molecular weight is 240 g/mol. The van der Waals surface area contributed by atoms with E-state index in [1.165, 1.54) is 6.08 Å². The predicted octanol–water partition coefficient (Wildman–Crippen LogP) is 1.04. The Labute approximate surface area is 100 Å². The summed E-state index contributed by atoms with van der Waals surface area (Å²) in [6.07, 6.45) is 4.87. The van der Waals surface area contributed by atoms with Gasteiger partial charge in [-0.15, -0.1) is 0 Å². The molecule has 0 unspecified atom stereocenters. The number of aldehydes is 1. The third-order valence-corrected chi connectivity index (χ3v) is 2.32. The maximum absolute atomic E-state index is 11.7. The van der Waals surface area contributed by atoms with Crippen LogP contribution in [0.1, 0.15) is 12.8 Å². The molecule has 0 aliphatic carbocycles. The normalized spacial score (nSPS) is 10.9. The number of methoxy groups -OCH3 is 2. The summed E-state index contributed by atoms with van der Waals surface area (Å²) >= 11 is 0. The van der Waals surface area contributed by atoms with E-state index in [9.17, 15) is 14.4 Å². The first kappa shape index (κ1) is 15.1. The van der Waals surface area contributed by atoms with Gasteiger partial charge >= 0.3 is 11.9 Å². The lowest BCUT2D eigenvalue weighted by Crippen LogP contribution is -2.41. The fraction of sp³-hybridized carbons (Fsp3) is 0.417. The van der Waals surface area contributed by atoms with Crippen LogP contribution in [0, 0.1) is 5.41 Å². The van der Waals surface area contributed by atoms with Gasteiger partial charge in [-0.3, -0.25) is 9.59 Å². The minimum Gasteiger partial charge on any atom is -0.468 e. The lowest BCUT2D eigenvalue weighted by Gasteiger charge is -2.24. The van der Waals surface area contributed by atoms with E-state index in [2.05, 4.69) is 16.1 Å². The molecule has 0 bridgehead atoms. The lowest BCUT2D eigenvalue weighted by atomic mass is 9.81. The van der Waals surface area contributed by atoms with Crippen molar-refractivity contribution in [1.29, 1.82) is 0 Å². The summed E-state index contributed by atoms with van der Waals surface area (Å²) < 4.78 is 9.13. The molecule has 5 heteroatoms. The molecule has 0 radical (unpaired) electrons. The van der Waals surface area contributed by atoms with Crippen LogP contribution >= 0.6 is 0 Å². The molecule has 5 nitrogen and oxygen atoms in total. The Bertz CT molecular complexity index is 314. The molecule has 0 heterocycles. The first-order valence-electron chi connectivity index (χ1n) is 4.97. The van der Waals surface area contributed by atoms with Gasteiger partial charge in [-0.2, -0.15) is 0 Å². The summed E-state index contributed by atoms with van der Waals surface area (Å²) in [7, 11) is 2.31. The molecule has 94 valence electrons. The third kappa shape index (κ3) is 3.55. The molecular formula is C12H16O5. The standard InChI is InChI=1S/C12H16O5/c1-4-5-6-7-12(8-9-13,10(14)16-2)11(15)17-3/h4-6,9H,1,7-8H2,2-3H3/b6-5+. The summed E-state index contributed by atoms with van der Waals surface area (Å²) in [6.45, 7) is 3.47. The van der Waals surface area contributed by atoms with Gasteiger partial charge in [0.05, 0.1) is 14.2 Å². The van der Waals surface area contributed by atoms with Crippen LogP contribution in [-0.4, -0.2) is 32.4 Å². The number of allylic oxidation sites excluding steroid dienone is 3. The van der Waals surface area contributed by atoms with Gasteiger partial charge in [0, 0.05) is 6.42 Å². The minimum atomic E-state index is -1.61. The molecular weight excluding hydrogens is 224 g/mol. The molecule has 0 rings (SSSR count). The van der Waals surface area contributed by atoms with E-state index in [0.717, 1.165) is 14.2 Å². The van der Waals surface area contributed by atoms with Crippen LogP contribution in [0.4, 0.5) is 0 Å². The second-order valence-electron chi connectivity index (χ2n) is 3.30. The van der Waals surface area contributed by atoms with Crippen molar-refractivity contribution in [3.05, 3.63) is 24.8 Å².